The second-order valence-corrected chi connectivity index (χ2v) is 10.0. The van der Waals surface area contributed by atoms with E-state index >= 15 is 0 Å². The molecule has 4 aromatic rings. The van der Waals surface area contributed by atoms with Crippen LogP contribution in [0, 0.1) is 0 Å². The van der Waals surface area contributed by atoms with Crippen molar-refractivity contribution in [3.05, 3.63) is 115 Å². The fourth-order valence-electron chi connectivity index (χ4n) is 4.71. The number of allylic oxidation sites excluding steroid dienone is 1. The smallest absolute Gasteiger partial charge is 0.271 e. The molecule has 39 heavy (non-hydrogen) atoms. The summed E-state index contributed by atoms with van der Waals surface area (Å²) in [7, 11) is 0. The average Bonchev–Trinajstić information content (AvgIpc) is 3.53. The maximum absolute atomic E-state index is 13.9. The molecule has 9 heteroatoms. The standard InChI is InChI=1S/C30H25N3O5S/c1-3-36-22-12-10-20(11-13-22)27-26(28(34)32-21-7-5-4-6-8-21)18(2)31-30-33(27)29(35)25(39-30)16-19-9-14-23-24(15-19)38-17-37-23/h4-16,27H,3,17H2,1-2H3,(H,32,34)/b25-16-/t27-/m0/s1. The number of anilines is 1. The van der Waals surface area contributed by atoms with Crippen LogP contribution < -0.4 is 34.4 Å². The number of hydrogen-bond donors (Lipinski definition) is 1. The molecule has 3 heterocycles. The van der Waals surface area contributed by atoms with Crippen LogP contribution in [0.2, 0.25) is 0 Å². The largest absolute Gasteiger partial charge is 0.494 e. The van der Waals surface area contributed by atoms with Crippen molar-refractivity contribution < 1.29 is 19.0 Å². The Balaban J connectivity index is 1.47. The normalized spacial score (nSPS) is 16.1. The topological polar surface area (TPSA) is 91.2 Å². The highest BCUT2D eigenvalue weighted by atomic mass is 32.1. The summed E-state index contributed by atoms with van der Waals surface area (Å²) in [6, 6.07) is 21.6. The van der Waals surface area contributed by atoms with E-state index in [1.165, 1.54) is 11.3 Å². The molecule has 3 aromatic carbocycles. The first kappa shape index (κ1) is 24.7. The lowest BCUT2D eigenvalue weighted by Gasteiger charge is -2.25. The summed E-state index contributed by atoms with van der Waals surface area (Å²) in [5.41, 5.74) is 2.98. The van der Waals surface area contributed by atoms with Crippen molar-refractivity contribution >= 4 is 29.0 Å². The van der Waals surface area contributed by atoms with Crippen molar-refractivity contribution in [2.45, 2.75) is 19.9 Å². The van der Waals surface area contributed by atoms with Gasteiger partial charge in [0.1, 0.15) is 5.75 Å². The number of ether oxygens (including phenoxy) is 3. The average molecular weight is 540 g/mol. The molecule has 0 aliphatic carbocycles. The summed E-state index contributed by atoms with van der Waals surface area (Å²) in [4.78, 5) is 32.8. The summed E-state index contributed by atoms with van der Waals surface area (Å²) in [6.07, 6.45) is 1.81. The van der Waals surface area contributed by atoms with E-state index in [0.29, 0.717) is 50.1 Å². The first-order chi connectivity index (χ1) is 19.0. The molecule has 6 rings (SSSR count). The number of fused-ring (bicyclic) bond motifs is 2. The lowest BCUT2D eigenvalue weighted by atomic mass is 9.95. The van der Waals surface area contributed by atoms with Crippen LogP contribution >= 0.6 is 11.3 Å². The Kier molecular flexibility index (Phi) is 6.50. The van der Waals surface area contributed by atoms with E-state index in [4.69, 9.17) is 19.2 Å². The molecule has 2 aliphatic heterocycles. The Labute approximate surface area is 228 Å². The minimum atomic E-state index is -0.667. The number of thiazole rings is 1. The number of hydrogen-bond acceptors (Lipinski definition) is 7. The molecule has 0 spiro atoms. The molecule has 0 radical (unpaired) electrons. The van der Waals surface area contributed by atoms with Crippen LogP contribution in [0.25, 0.3) is 6.08 Å². The first-order valence-corrected chi connectivity index (χ1v) is 13.3. The second-order valence-electron chi connectivity index (χ2n) is 9.02. The number of rotatable bonds is 6. The molecule has 0 fully saturated rings. The zero-order valence-corrected chi connectivity index (χ0v) is 22.2. The van der Waals surface area contributed by atoms with E-state index in [-0.39, 0.29) is 18.3 Å². The molecular formula is C30H25N3O5S. The summed E-state index contributed by atoms with van der Waals surface area (Å²) >= 11 is 1.29. The number of carbonyl (C=O) groups is 1. The van der Waals surface area contributed by atoms with Crippen LogP contribution in [0.1, 0.15) is 31.0 Å². The molecule has 0 saturated heterocycles. The number of carbonyl (C=O) groups excluding carboxylic acids is 1. The van der Waals surface area contributed by atoms with Crippen molar-refractivity contribution in [1.29, 1.82) is 0 Å². The van der Waals surface area contributed by atoms with Gasteiger partial charge in [0.05, 0.1) is 28.5 Å². The Morgan fingerprint density at radius 3 is 2.64 bits per heavy atom. The van der Waals surface area contributed by atoms with Gasteiger partial charge in [0.15, 0.2) is 16.3 Å². The molecular weight excluding hydrogens is 514 g/mol. The zero-order chi connectivity index (χ0) is 26.9. The molecule has 1 amide bonds. The van der Waals surface area contributed by atoms with Gasteiger partial charge in [-0.1, -0.05) is 47.7 Å². The van der Waals surface area contributed by atoms with Gasteiger partial charge in [-0.05, 0) is 67.4 Å². The molecule has 8 nitrogen and oxygen atoms in total. The summed E-state index contributed by atoms with van der Waals surface area (Å²) in [5.74, 6) is 1.71. The fourth-order valence-corrected chi connectivity index (χ4v) is 5.76. The third kappa shape index (κ3) is 4.72. The van der Waals surface area contributed by atoms with E-state index in [1.54, 1.807) is 11.5 Å². The lowest BCUT2D eigenvalue weighted by Crippen LogP contribution is -2.40. The van der Waals surface area contributed by atoms with Crippen LogP contribution in [-0.2, 0) is 4.79 Å². The fraction of sp³-hybridized carbons (Fsp3) is 0.167. The van der Waals surface area contributed by atoms with Crippen LogP contribution in [0.5, 0.6) is 17.2 Å². The molecule has 2 aliphatic rings. The molecule has 0 saturated carbocycles. The molecule has 1 atom stereocenters. The predicted molar refractivity (Wildman–Crippen MR) is 149 cm³/mol. The van der Waals surface area contributed by atoms with Gasteiger partial charge < -0.3 is 19.5 Å². The van der Waals surface area contributed by atoms with Crippen molar-refractivity contribution in [3.8, 4) is 17.2 Å². The number of benzene rings is 3. The van der Waals surface area contributed by atoms with Crippen LogP contribution in [0.15, 0.2) is 93.9 Å². The van der Waals surface area contributed by atoms with Crippen molar-refractivity contribution in [2.75, 3.05) is 18.7 Å². The van der Waals surface area contributed by atoms with E-state index in [2.05, 4.69) is 5.32 Å². The van der Waals surface area contributed by atoms with Gasteiger partial charge in [-0.15, -0.1) is 0 Å². The summed E-state index contributed by atoms with van der Waals surface area (Å²) in [6.45, 7) is 4.44. The van der Waals surface area contributed by atoms with Gasteiger partial charge in [-0.2, -0.15) is 0 Å². The highest BCUT2D eigenvalue weighted by Crippen LogP contribution is 2.33. The van der Waals surface area contributed by atoms with Gasteiger partial charge >= 0.3 is 0 Å². The monoisotopic (exact) mass is 539 g/mol. The summed E-state index contributed by atoms with van der Waals surface area (Å²) < 4.78 is 18.6. The van der Waals surface area contributed by atoms with E-state index in [0.717, 1.165) is 11.1 Å². The molecule has 0 unspecified atom stereocenters. The molecule has 1 aromatic heterocycles. The third-order valence-corrected chi connectivity index (χ3v) is 7.48. The number of para-hydroxylation sites is 1. The van der Waals surface area contributed by atoms with Crippen LogP contribution in [-0.4, -0.2) is 23.9 Å². The quantitative estimate of drug-likeness (QED) is 0.400. The molecule has 1 N–H and O–H groups in total. The maximum atomic E-state index is 13.9. The van der Waals surface area contributed by atoms with E-state index in [1.807, 2.05) is 85.8 Å². The second kappa shape index (κ2) is 10.3. The number of amides is 1. The highest BCUT2D eigenvalue weighted by Gasteiger charge is 2.32. The lowest BCUT2D eigenvalue weighted by molar-refractivity contribution is -0.113. The Hall–Kier alpha value is -4.63. The van der Waals surface area contributed by atoms with Gasteiger partial charge in [-0.25, -0.2) is 4.99 Å². The van der Waals surface area contributed by atoms with E-state index in [9.17, 15) is 9.59 Å². The van der Waals surface area contributed by atoms with Gasteiger partial charge in [0.2, 0.25) is 6.79 Å². The van der Waals surface area contributed by atoms with Gasteiger partial charge in [0.25, 0.3) is 11.5 Å². The minimum Gasteiger partial charge on any atom is -0.494 e. The Morgan fingerprint density at radius 2 is 1.87 bits per heavy atom. The van der Waals surface area contributed by atoms with Gasteiger partial charge in [-0.3, -0.25) is 14.2 Å². The molecule has 196 valence electrons. The number of nitrogens with one attached hydrogen (secondary N) is 1. The third-order valence-electron chi connectivity index (χ3n) is 6.50. The van der Waals surface area contributed by atoms with E-state index < -0.39 is 6.04 Å². The highest BCUT2D eigenvalue weighted by molar-refractivity contribution is 7.07. The first-order valence-electron chi connectivity index (χ1n) is 12.5. The number of aromatic nitrogens is 1. The maximum Gasteiger partial charge on any atom is 0.271 e. The Bertz CT molecular complexity index is 1770. The molecule has 0 bridgehead atoms. The van der Waals surface area contributed by atoms with Crippen LogP contribution in [0.4, 0.5) is 5.69 Å². The summed E-state index contributed by atoms with van der Waals surface area (Å²) in [5, 5.41) is 2.97. The minimum absolute atomic E-state index is 0.177. The Morgan fingerprint density at radius 1 is 1.10 bits per heavy atom. The predicted octanol–water partition coefficient (Wildman–Crippen LogP) is 4.00. The SMILES string of the molecule is CCOc1ccc([C@H]2C(C(=O)Nc3ccccc3)=C(C)N=c3s/c(=C\c4ccc5c(c4)OCO5)c(=O)n32)cc1. The van der Waals surface area contributed by atoms with Gasteiger partial charge in [0, 0.05) is 5.69 Å². The van der Waals surface area contributed by atoms with Crippen molar-refractivity contribution in [2.24, 2.45) is 4.99 Å². The van der Waals surface area contributed by atoms with Crippen LogP contribution in [0.3, 0.4) is 0 Å². The van der Waals surface area contributed by atoms with Crippen molar-refractivity contribution in [1.82, 2.24) is 4.57 Å². The zero-order valence-electron chi connectivity index (χ0n) is 21.3. The number of nitrogens with zero attached hydrogens (tertiary/aromatic N) is 2. The van der Waals surface area contributed by atoms with Crippen molar-refractivity contribution in [3.63, 3.8) is 0 Å².